The number of nitrogens with one attached hydrogen (secondary N) is 3. The number of pyridine rings is 2. The molecule has 10 heteroatoms. The van der Waals surface area contributed by atoms with Gasteiger partial charge in [0.15, 0.2) is 5.82 Å². The Balaban J connectivity index is 1.41. The smallest absolute Gasteiger partial charge is 0.224 e. The number of rotatable bonds is 8. The number of hydrogen-bond donors (Lipinski definition) is 4. The Kier molecular flexibility index (Phi) is 7.00. The number of nitrogens with two attached hydrogens (primary N) is 1. The molecule has 5 N–H and O–H groups in total. The molecule has 3 heterocycles. The number of anilines is 2. The third-order valence-corrected chi connectivity index (χ3v) is 5.92. The Morgan fingerprint density at radius 1 is 1.05 bits per heavy atom. The number of H-pyrrole nitrogens is 1. The molecule has 39 heavy (non-hydrogen) atoms. The van der Waals surface area contributed by atoms with Crippen LogP contribution in [-0.2, 0) is 4.79 Å². The predicted octanol–water partition coefficient (Wildman–Crippen LogP) is 5.93. The molecule has 0 radical (unpaired) electrons. The lowest BCUT2D eigenvalue weighted by Crippen LogP contribution is -2.13. The molecular formula is C29H26FN7O2. The molecule has 0 spiro atoms. The number of carbonyl (C=O) groups excluding carboxylic acids is 1. The maximum absolute atomic E-state index is 14.5. The first-order chi connectivity index (χ1) is 18.8. The number of imidazole rings is 1. The number of hydrogen-bond acceptors (Lipinski definition) is 7. The van der Waals surface area contributed by atoms with Gasteiger partial charge in [-0.2, -0.15) is 0 Å². The summed E-state index contributed by atoms with van der Waals surface area (Å²) in [5.74, 6) is 0.807. The number of nitrogen functional groups attached to an aromatic ring is 1. The molecule has 0 saturated heterocycles. The summed E-state index contributed by atoms with van der Waals surface area (Å²) in [7, 11) is 0. The standard InChI is InChI=1S/C29H26FN7O2/c1-16(2)9-26(38)35-17-10-19(13-33-12-17)39-18-7-8-24(31)21(11-18)27(32)29-36-25-15-34-14-22(28(25)37-29)20-5-3-4-6-23(20)30/h3-8,10-16,32H,9,31H2,1-2H3,(H,35,38)(H,36,37). The third-order valence-electron chi connectivity index (χ3n) is 5.92. The fraction of sp³-hybridized carbons (Fsp3) is 0.138. The van der Waals surface area contributed by atoms with Crippen molar-refractivity contribution in [2.75, 3.05) is 11.1 Å². The van der Waals surface area contributed by atoms with Crippen LogP contribution in [0.25, 0.3) is 22.2 Å². The van der Waals surface area contributed by atoms with Gasteiger partial charge >= 0.3 is 0 Å². The SMILES string of the molecule is CC(C)CC(=O)Nc1cncc(Oc2ccc(N)c(C(=N)c3nc4c(-c5ccccc5F)cncc4[nH]3)c2)c1. The molecule has 5 rings (SSSR count). The van der Waals surface area contributed by atoms with Gasteiger partial charge in [0.05, 0.1) is 29.8 Å². The van der Waals surface area contributed by atoms with Crippen LogP contribution < -0.4 is 15.8 Å². The second-order valence-corrected chi connectivity index (χ2v) is 9.43. The third kappa shape index (κ3) is 5.59. The van der Waals surface area contributed by atoms with Gasteiger partial charge in [-0.1, -0.05) is 32.0 Å². The van der Waals surface area contributed by atoms with Crippen molar-refractivity contribution >= 4 is 34.0 Å². The molecule has 0 atom stereocenters. The van der Waals surface area contributed by atoms with E-state index in [0.717, 1.165) is 0 Å². The Hall–Kier alpha value is -5.12. The molecule has 0 bridgehead atoms. The first-order valence-corrected chi connectivity index (χ1v) is 12.3. The van der Waals surface area contributed by atoms with E-state index >= 15 is 0 Å². The Labute approximate surface area is 223 Å². The quantitative estimate of drug-likeness (QED) is 0.147. The van der Waals surface area contributed by atoms with Gasteiger partial charge < -0.3 is 20.8 Å². The molecule has 3 aromatic heterocycles. The fourth-order valence-corrected chi connectivity index (χ4v) is 4.13. The topological polar surface area (TPSA) is 143 Å². The van der Waals surface area contributed by atoms with E-state index in [1.807, 2.05) is 13.8 Å². The highest BCUT2D eigenvalue weighted by Crippen LogP contribution is 2.31. The molecule has 0 aliphatic carbocycles. The lowest BCUT2D eigenvalue weighted by molar-refractivity contribution is -0.116. The van der Waals surface area contributed by atoms with E-state index in [1.54, 1.807) is 61.1 Å². The van der Waals surface area contributed by atoms with Gasteiger partial charge in [0.1, 0.15) is 28.5 Å². The maximum Gasteiger partial charge on any atom is 0.224 e. The second-order valence-electron chi connectivity index (χ2n) is 9.43. The van der Waals surface area contributed by atoms with Crippen molar-refractivity contribution in [1.82, 2.24) is 19.9 Å². The highest BCUT2D eigenvalue weighted by Gasteiger charge is 2.18. The van der Waals surface area contributed by atoms with E-state index in [1.165, 1.54) is 12.3 Å². The number of amides is 1. The Morgan fingerprint density at radius 3 is 2.64 bits per heavy atom. The number of halogens is 1. The normalized spacial score (nSPS) is 11.1. The first kappa shape index (κ1) is 25.5. The molecule has 2 aromatic carbocycles. The van der Waals surface area contributed by atoms with E-state index in [9.17, 15) is 9.18 Å². The van der Waals surface area contributed by atoms with Crippen molar-refractivity contribution in [3.8, 4) is 22.6 Å². The van der Waals surface area contributed by atoms with Crippen molar-refractivity contribution in [3.05, 3.63) is 90.5 Å². The average Bonchev–Trinajstić information content (AvgIpc) is 3.34. The first-order valence-electron chi connectivity index (χ1n) is 12.3. The molecule has 0 aliphatic heterocycles. The summed E-state index contributed by atoms with van der Waals surface area (Å²) < 4.78 is 20.4. The number of ether oxygens (including phenoxy) is 1. The van der Waals surface area contributed by atoms with E-state index in [-0.39, 0.29) is 23.4 Å². The van der Waals surface area contributed by atoms with Crippen molar-refractivity contribution in [3.63, 3.8) is 0 Å². The molecule has 0 saturated carbocycles. The molecule has 196 valence electrons. The summed E-state index contributed by atoms with van der Waals surface area (Å²) in [5.41, 5.74) is 9.43. The van der Waals surface area contributed by atoms with Gasteiger partial charge in [-0.15, -0.1) is 0 Å². The van der Waals surface area contributed by atoms with Crippen molar-refractivity contribution in [2.45, 2.75) is 20.3 Å². The summed E-state index contributed by atoms with van der Waals surface area (Å²) in [6.07, 6.45) is 6.59. The van der Waals surface area contributed by atoms with Crippen LogP contribution in [0.1, 0.15) is 31.7 Å². The van der Waals surface area contributed by atoms with Gasteiger partial charge in [0.25, 0.3) is 0 Å². The zero-order chi connectivity index (χ0) is 27.5. The van der Waals surface area contributed by atoms with Crippen LogP contribution in [0.15, 0.2) is 73.3 Å². The number of aromatic nitrogens is 4. The molecular weight excluding hydrogens is 497 g/mol. The molecule has 5 aromatic rings. The number of carbonyl (C=O) groups is 1. The number of aromatic amines is 1. The van der Waals surface area contributed by atoms with E-state index < -0.39 is 5.82 Å². The lowest BCUT2D eigenvalue weighted by Gasteiger charge is -2.11. The zero-order valence-corrected chi connectivity index (χ0v) is 21.3. The van der Waals surface area contributed by atoms with Crippen LogP contribution >= 0.6 is 0 Å². The maximum atomic E-state index is 14.5. The van der Waals surface area contributed by atoms with Crippen LogP contribution in [0, 0.1) is 17.1 Å². The van der Waals surface area contributed by atoms with Crippen molar-refractivity contribution < 1.29 is 13.9 Å². The van der Waals surface area contributed by atoms with Crippen LogP contribution in [0.4, 0.5) is 15.8 Å². The highest BCUT2D eigenvalue weighted by molar-refractivity contribution is 6.13. The van der Waals surface area contributed by atoms with Crippen LogP contribution in [0.5, 0.6) is 11.5 Å². The number of fused-ring (bicyclic) bond motifs is 1. The van der Waals surface area contributed by atoms with Gasteiger partial charge in [0, 0.05) is 41.1 Å². The average molecular weight is 524 g/mol. The summed E-state index contributed by atoms with van der Waals surface area (Å²) in [5, 5.41) is 11.6. The van der Waals surface area contributed by atoms with Gasteiger partial charge in [0.2, 0.25) is 5.91 Å². The lowest BCUT2D eigenvalue weighted by atomic mass is 10.1. The molecule has 1 amide bonds. The number of nitrogens with zero attached hydrogens (tertiary/aromatic N) is 3. The van der Waals surface area contributed by atoms with Crippen LogP contribution in [0.3, 0.4) is 0 Å². The van der Waals surface area contributed by atoms with E-state index in [0.29, 0.717) is 57.0 Å². The molecule has 0 aliphatic rings. The summed E-state index contributed by atoms with van der Waals surface area (Å²) >= 11 is 0. The number of benzene rings is 2. The van der Waals surface area contributed by atoms with Crippen LogP contribution in [0.2, 0.25) is 0 Å². The highest BCUT2D eigenvalue weighted by atomic mass is 19.1. The summed E-state index contributed by atoms with van der Waals surface area (Å²) in [4.78, 5) is 28.2. The van der Waals surface area contributed by atoms with Crippen molar-refractivity contribution in [1.29, 1.82) is 5.41 Å². The monoisotopic (exact) mass is 523 g/mol. The Bertz CT molecular complexity index is 1700. The largest absolute Gasteiger partial charge is 0.456 e. The predicted molar refractivity (Wildman–Crippen MR) is 148 cm³/mol. The van der Waals surface area contributed by atoms with Crippen LogP contribution in [-0.4, -0.2) is 31.6 Å². The fourth-order valence-electron chi connectivity index (χ4n) is 4.13. The van der Waals surface area contributed by atoms with Gasteiger partial charge in [-0.3, -0.25) is 20.2 Å². The molecule has 0 unspecified atom stereocenters. The van der Waals surface area contributed by atoms with E-state index in [2.05, 4.69) is 25.3 Å². The van der Waals surface area contributed by atoms with Gasteiger partial charge in [-0.05, 0) is 30.2 Å². The van der Waals surface area contributed by atoms with E-state index in [4.69, 9.17) is 15.9 Å². The van der Waals surface area contributed by atoms with Crippen molar-refractivity contribution in [2.24, 2.45) is 5.92 Å². The minimum atomic E-state index is -0.390. The molecule has 0 fully saturated rings. The summed E-state index contributed by atoms with van der Waals surface area (Å²) in [6.45, 7) is 3.94. The second kappa shape index (κ2) is 10.7. The van der Waals surface area contributed by atoms with Gasteiger partial charge in [-0.25, -0.2) is 9.37 Å². The summed E-state index contributed by atoms with van der Waals surface area (Å²) in [6, 6.07) is 13.0. The molecule has 9 nitrogen and oxygen atoms in total. The minimum Gasteiger partial charge on any atom is -0.456 e. The minimum absolute atomic E-state index is 0.0291. The zero-order valence-electron chi connectivity index (χ0n) is 21.3. The Morgan fingerprint density at radius 2 is 1.85 bits per heavy atom.